The second-order valence-electron chi connectivity index (χ2n) is 19.3. The summed E-state index contributed by atoms with van der Waals surface area (Å²) in [5.74, 6) is -4.19. The van der Waals surface area contributed by atoms with Crippen molar-refractivity contribution < 1.29 is 43.0 Å². The lowest BCUT2D eigenvalue weighted by atomic mass is 9.90. The number of nitrogens with zero attached hydrogens (tertiary/aromatic N) is 2. The van der Waals surface area contributed by atoms with Gasteiger partial charge in [0.25, 0.3) is 5.91 Å². The normalized spacial score (nSPS) is 16.9. The number of hydrogen-bond acceptors (Lipinski definition) is 9. The lowest BCUT2D eigenvalue weighted by molar-refractivity contribution is -0.145. The maximum absolute atomic E-state index is 14.9. The molecule has 1 aliphatic rings. The first-order valence-electron chi connectivity index (χ1n) is 25.7. The van der Waals surface area contributed by atoms with E-state index in [-0.39, 0.29) is 26.1 Å². The van der Waals surface area contributed by atoms with Crippen molar-refractivity contribution in [2.75, 3.05) is 27.8 Å². The molecule has 0 radical (unpaired) electrons. The average molecular weight is 1000 g/mol. The number of aryl methyl sites for hydroxylation is 3. The van der Waals surface area contributed by atoms with Gasteiger partial charge in [-0.25, -0.2) is 4.79 Å². The van der Waals surface area contributed by atoms with Crippen molar-refractivity contribution in [1.82, 2.24) is 31.1 Å². The molecule has 1 aliphatic heterocycles. The van der Waals surface area contributed by atoms with Crippen molar-refractivity contribution in [3.8, 4) is 11.1 Å². The Bertz CT molecular complexity index is 2530. The van der Waals surface area contributed by atoms with E-state index in [1.54, 1.807) is 18.2 Å². The third kappa shape index (κ3) is 15.8. The number of hydrogen-bond donors (Lipinski definition) is 4. The first-order chi connectivity index (χ1) is 35.0. The number of rotatable bonds is 22. The zero-order valence-electron chi connectivity index (χ0n) is 44.2. The number of fused-ring (bicyclic) bond motifs is 5. The molecule has 0 saturated carbocycles. The van der Waals surface area contributed by atoms with Gasteiger partial charge in [-0.15, -0.1) is 0 Å². The monoisotopic (exact) mass is 1000 g/mol. The second kappa shape index (κ2) is 27.8. The first kappa shape index (κ1) is 57.0. The lowest BCUT2D eigenvalue weighted by Gasteiger charge is -2.33. The van der Waals surface area contributed by atoms with E-state index in [1.165, 1.54) is 51.3 Å². The molecule has 0 fully saturated rings. The molecule has 4 N–H and O–H groups in total. The van der Waals surface area contributed by atoms with Gasteiger partial charge in [0.1, 0.15) is 36.3 Å². The van der Waals surface area contributed by atoms with Crippen LogP contribution in [-0.2, 0) is 57.7 Å². The molecule has 0 spiro atoms. The fourth-order valence-corrected chi connectivity index (χ4v) is 9.00. The van der Waals surface area contributed by atoms with E-state index in [4.69, 9.17) is 9.47 Å². The maximum atomic E-state index is 14.9. The van der Waals surface area contributed by atoms with Crippen LogP contribution in [0.2, 0.25) is 0 Å². The highest BCUT2D eigenvalue weighted by Crippen LogP contribution is 2.33. The summed E-state index contributed by atoms with van der Waals surface area (Å²) in [6.07, 6.45) is 7.93. The van der Waals surface area contributed by atoms with Crippen LogP contribution in [0.1, 0.15) is 129 Å². The highest BCUT2D eigenvalue weighted by Gasteiger charge is 2.37. The molecule has 4 aromatic rings. The number of nitrogens with one attached hydrogen (secondary N) is 4. The molecule has 5 rings (SSSR count). The lowest BCUT2D eigenvalue weighted by Crippen LogP contribution is -2.58. The number of esters is 1. The largest absolute Gasteiger partial charge is 0.467 e. The van der Waals surface area contributed by atoms with Crippen molar-refractivity contribution in [3.63, 3.8) is 0 Å². The van der Waals surface area contributed by atoms with Crippen LogP contribution in [0, 0.1) is 13.8 Å². The fourth-order valence-electron chi connectivity index (χ4n) is 9.00. The molecule has 1 heterocycles. The molecular formula is C58H76N6O9. The van der Waals surface area contributed by atoms with E-state index in [9.17, 15) is 33.6 Å². The SMILES string of the molecule is CCCCCCc1ccc(C(=O)N(C)[C@H](COCc2ccccc2)C(=O)N[C@H](C)C(=O)N[C@@H](CCCCC)C(=O)N(C)[C@@H]2C(=O)N[C@@H](C)C(=O)N[C@H](C(=O)OC)Cc3ccc(C)c(c3)-c3cc2ccc3C)cc1. The molecule has 4 bridgehead atoms. The van der Waals surface area contributed by atoms with Crippen LogP contribution in [0.4, 0.5) is 0 Å². The van der Waals surface area contributed by atoms with Crippen LogP contribution in [0.5, 0.6) is 0 Å². The Hall–Kier alpha value is -6.87. The van der Waals surface area contributed by atoms with Gasteiger partial charge in [0.15, 0.2) is 0 Å². The molecule has 0 aliphatic carbocycles. The van der Waals surface area contributed by atoms with Crippen molar-refractivity contribution in [2.24, 2.45) is 0 Å². The minimum Gasteiger partial charge on any atom is -0.467 e. The average Bonchev–Trinajstić information content (AvgIpc) is 3.38. The Balaban J connectivity index is 1.40. The zero-order chi connectivity index (χ0) is 53.2. The highest BCUT2D eigenvalue weighted by molar-refractivity contribution is 5.99. The molecule has 4 aromatic carbocycles. The van der Waals surface area contributed by atoms with Crippen LogP contribution in [0.15, 0.2) is 91.0 Å². The molecule has 392 valence electrons. The van der Waals surface area contributed by atoms with Crippen LogP contribution in [0.3, 0.4) is 0 Å². The number of amides is 6. The van der Waals surface area contributed by atoms with Gasteiger partial charge in [-0.2, -0.15) is 0 Å². The molecule has 6 amide bonds. The van der Waals surface area contributed by atoms with E-state index < -0.39 is 77.7 Å². The van der Waals surface area contributed by atoms with E-state index in [0.717, 1.165) is 77.5 Å². The number of likely N-dealkylation sites (N-methyl/N-ethyl adjacent to an activating group) is 2. The zero-order valence-corrected chi connectivity index (χ0v) is 44.2. The van der Waals surface area contributed by atoms with E-state index in [1.807, 2.05) is 93.6 Å². The van der Waals surface area contributed by atoms with E-state index in [2.05, 4.69) is 28.2 Å². The molecular weight excluding hydrogens is 925 g/mol. The Labute approximate surface area is 431 Å². The van der Waals surface area contributed by atoms with Gasteiger partial charge in [-0.05, 0) is 110 Å². The summed E-state index contributed by atoms with van der Waals surface area (Å²) >= 11 is 0. The minimum atomic E-state index is -1.28. The third-order valence-electron chi connectivity index (χ3n) is 13.6. The van der Waals surface area contributed by atoms with Gasteiger partial charge in [0, 0.05) is 26.1 Å². The number of benzene rings is 4. The summed E-state index contributed by atoms with van der Waals surface area (Å²) in [5, 5.41) is 11.2. The number of ether oxygens (including phenoxy) is 2. The van der Waals surface area contributed by atoms with Crippen molar-refractivity contribution in [1.29, 1.82) is 0 Å². The summed E-state index contributed by atoms with van der Waals surface area (Å²) in [6.45, 7) is 11.1. The summed E-state index contributed by atoms with van der Waals surface area (Å²) in [5.41, 5.74) is 7.12. The minimum absolute atomic E-state index is 0.146. The van der Waals surface area contributed by atoms with Gasteiger partial charge < -0.3 is 40.5 Å². The number of carbonyl (C=O) groups is 7. The van der Waals surface area contributed by atoms with Gasteiger partial charge in [-0.1, -0.05) is 125 Å². The van der Waals surface area contributed by atoms with Gasteiger partial charge in [0.2, 0.25) is 29.5 Å². The van der Waals surface area contributed by atoms with Gasteiger partial charge >= 0.3 is 5.97 Å². The maximum Gasteiger partial charge on any atom is 0.328 e. The highest BCUT2D eigenvalue weighted by atomic mass is 16.5. The third-order valence-corrected chi connectivity index (χ3v) is 13.6. The second-order valence-corrected chi connectivity index (χ2v) is 19.3. The molecule has 73 heavy (non-hydrogen) atoms. The molecule has 6 atom stereocenters. The van der Waals surface area contributed by atoms with E-state index in [0.29, 0.717) is 17.5 Å². The molecule has 15 nitrogen and oxygen atoms in total. The molecule has 0 aromatic heterocycles. The molecule has 0 saturated heterocycles. The van der Waals surface area contributed by atoms with Crippen LogP contribution in [-0.4, -0.2) is 109 Å². The van der Waals surface area contributed by atoms with Gasteiger partial charge in [-0.3, -0.25) is 28.8 Å². The topological polar surface area (TPSA) is 193 Å². The fraction of sp³-hybridized carbons (Fsp3) is 0.466. The summed E-state index contributed by atoms with van der Waals surface area (Å²) in [7, 11) is 4.26. The Morgan fingerprint density at radius 3 is 2.07 bits per heavy atom. The predicted octanol–water partition coefficient (Wildman–Crippen LogP) is 7.24. The van der Waals surface area contributed by atoms with Crippen LogP contribution in [0.25, 0.3) is 11.1 Å². The Kier molecular flexibility index (Phi) is 21.7. The predicted molar refractivity (Wildman–Crippen MR) is 282 cm³/mol. The first-order valence-corrected chi connectivity index (χ1v) is 25.7. The summed E-state index contributed by atoms with van der Waals surface area (Å²) < 4.78 is 11.1. The van der Waals surface area contributed by atoms with Crippen LogP contribution >= 0.6 is 0 Å². The summed E-state index contributed by atoms with van der Waals surface area (Å²) in [4.78, 5) is 101. The number of methoxy groups -OCH3 is 1. The van der Waals surface area contributed by atoms with Crippen molar-refractivity contribution in [2.45, 2.75) is 149 Å². The van der Waals surface area contributed by atoms with Crippen molar-refractivity contribution in [3.05, 3.63) is 130 Å². The molecule has 0 unspecified atom stereocenters. The Morgan fingerprint density at radius 1 is 0.740 bits per heavy atom. The Morgan fingerprint density at radius 2 is 1.40 bits per heavy atom. The molecule has 15 heteroatoms. The number of unbranched alkanes of at least 4 members (excludes halogenated alkanes) is 5. The smallest absolute Gasteiger partial charge is 0.328 e. The van der Waals surface area contributed by atoms with Crippen molar-refractivity contribution >= 4 is 41.4 Å². The number of carbonyl (C=O) groups excluding carboxylic acids is 7. The standard InChI is InChI=1S/C58H76N6O9/c1-10-12-14-17-20-41-27-30-44(31-28-41)56(69)63(7)50(36-73-35-42-21-18-15-19-22-42)54(67)59-39(5)52(65)61-48(23-16-13-11-2)57(70)64(8)51-45-29-25-38(4)47(34-45)46-32-43(26-24-37(46)3)33-49(58(71)72-9)62-53(66)40(6)60-55(51)68/h15,18-19,21-22,24-32,34,39-40,48-51H,10-14,16-17,20,23,33,35-36H2,1-9H3,(H,59,67)(H,60,68)(H,61,65)(H,62,66)/t39-,40+,48+,49+,50-,51+/m1/s1. The summed E-state index contributed by atoms with van der Waals surface area (Å²) in [6, 6.07) is 21.2. The van der Waals surface area contributed by atoms with Crippen LogP contribution < -0.4 is 21.3 Å². The van der Waals surface area contributed by atoms with E-state index >= 15 is 0 Å². The van der Waals surface area contributed by atoms with Gasteiger partial charge in [0.05, 0.1) is 20.3 Å². The quantitative estimate of drug-likeness (QED) is 0.0464.